The summed E-state index contributed by atoms with van der Waals surface area (Å²) in [5, 5.41) is 23.2. The van der Waals surface area contributed by atoms with Crippen molar-refractivity contribution in [3.8, 4) is 0 Å². The molecule has 0 aromatic rings. The van der Waals surface area contributed by atoms with Gasteiger partial charge in [0, 0.05) is 12.8 Å². The minimum atomic E-state index is -0.843. The van der Waals surface area contributed by atoms with Gasteiger partial charge in [-0.3, -0.25) is 9.59 Å². The van der Waals surface area contributed by atoms with Crippen molar-refractivity contribution in [1.29, 1.82) is 0 Å². The maximum absolute atomic E-state index is 12.5. The maximum atomic E-state index is 12.5. The monoisotopic (exact) mass is 1100 g/mol. The molecular weight excluding hydrogens is 959 g/mol. The Balaban J connectivity index is 3.40. The fraction of sp³-hybridized carbons (Fsp3) is 0.889. The molecule has 0 heterocycles. The molecule has 2 unspecified atom stereocenters. The molecule has 0 bridgehead atoms. The highest BCUT2D eigenvalue weighted by Crippen LogP contribution is 2.18. The first-order valence-electron chi connectivity index (χ1n) is 35.3. The van der Waals surface area contributed by atoms with Gasteiger partial charge in [0.15, 0.2) is 0 Å². The molecule has 3 N–H and O–H groups in total. The molecule has 0 rings (SSSR count). The molecule has 1 amide bonds. The lowest BCUT2D eigenvalue weighted by Gasteiger charge is -2.20. The van der Waals surface area contributed by atoms with Gasteiger partial charge in [0.25, 0.3) is 0 Å². The Labute approximate surface area is 487 Å². The second-order valence-corrected chi connectivity index (χ2v) is 24.2. The van der Waals surface area contributed by atoms with Crippen molar-refractivity contribution < 1.29 is 24.5 Å². The molecular formula is C72H137NO5. The predicted octanol–water partition coefficient (Wildman–Crippen LogP) is 22.7. The molecule has 78 heavy (non-hydrogen) atoms. The molecule has 460 valence electrons. The Morgan fingerprint density at radius 1 is 0.359 bits per heavy atom. The van der Waals surface area contributed by atoms with Crippen molar-refractivity contribution in [2.24, 2.45) is 0 Å². The summed E-state index contributed by atoms with van der Waals surface area (Å²) in [7, 11) is 0. The lowest BCUT2D eigenvalue weighted by Crippen LogP contribution is -2.45. The van der Waals surface area contributed by atoms with Gasteiger partial charge in [0.2, 0.25) is 5.91 Å². The van der Waals surface area contributed by atoms with Gasteiger partial charge in [-0.15, -0.1) is 0 Å². The molecule has 6 heteroatoms. The summed E-state index contributed by atoms with van der Waals surface area (Å²) in [4.78, 5) is 24.5. The van der Waals surface area contributed by atoms with Gasteiger partial charge in [0.1, 0.15) is 0 Å². The van der Waals surface area contributed by atoms with Crippen LogP contribution in [-0.2, 0) is 14.3 Å². The van der Waals surface area contributed by atoms with Crippen molar-refractivity contribution in [1.82, 2.24) is 5.32 Å². The number of aliphatic hydroxyl groups excluding tert-OH is 2. The van der Waals surface area contributed by atoms with Crippen LogP contribution < -0.4 is 5.32 Å². The van der Waals surface area contributed by atoms with E-state index in [9.17, 15) is 19.8 Å². The summed E-state index contributed by atoms with van der Waals surface area (Å²) in [5.41, 5.74) is 0. The summed E-state index contributed by atoms with van der Waals surface area (Å²) < 4.78 is 5.47. The lowest BCUT2D eigenvalue weighted by atomic mass is 10.0. The quantitative estimate of drug-likeness (QED) is 0.0320. The van der Waals surface area contributed by atoms with Gasteiger partial charge in [-0.2, -0.15) is 0 Å². The number of nitrogens with one attached hydrogen (secondary N) is 1. The van der Waals surface area contributed by atoms with Crippen molar-refractivity contribution in [2.75, 3.05) is 13.2 Å². The molecule has 0 aromatic heterocycles. The summed E-state index contributed by atoms with van der Waals surface area (Å²) >= 11 is 0. The topological polar surface area (TPSA) is 95.9 Å². The van der Waals surface area contributed by atoms with E-state index < -0.39 is 12.1 Å². The largest absolute Gasteiger partial charge is 0.466 e. The van der Waals surface area contributed by atoms with Gasteiger partial charge >= 0.3 is 5.97 Å². The minimum Gasteiger partial charge on any atom is -0.466 e. The number of ether oxygens (including phenoxy) is 1. The average Bonchev–Trinajstić information content (AvgIpc) is 3.44. The van der Waals surface area contributed by atoms with Crippen LogP contribution in [0.1, 0.15) is 386 Å². The molecule has 0 radical (unpaired) electrons. The van der Waals surface area contributed by atoms with Crippen LogP contribution in [0.15, 0.2) is 36.5 Å². The van der Waals surface area contributed by atoms with Crippen molar-refractivity contribution in [2.45, 2.75) is 398 Å². The standard InChI is InChI=1S/C72H137NO5/c1-3-5-7-9-11-13-15-16-17-35-38-41-45-48-52-56-60-64-70(75)69(68-74)73-71(76)65-61-57-53-49-46-42-39-36-33-31-29-27-25-23-21-19-18-20-22-24-26-28-30-32-34-37-40-43-47-51-55-59-63-67-78-72(77)66-62-58-54-50-44-14-12-10-8-6-4-2/h22,24,28,30,60,64,69-70,74-75H,3-21,23,25-27,29,31-59,61-63,65-68H2,1-2H3,(H,73,76)/b24-22-,30-28-,64-60+. The minimum absolute atomic E-state index is 0.0139. The molecule has 0 aromatic carbocycles. The number of unbranched alkanes of at least 4 members (excludes halogenated alkanes) is 51. The number of aliphatic hydroxyl groups is 2. The smallest absolute Gasteiger partial charge is 0.305 e. The van der Waals surface area contributed by atoms with Crippen LogP contribution in [0, 0.1) is 0 Å². The summed E-state index contributed by atoms with van der Waals surface area (Å²) in [5.74, 6) is -0.0494. The number of hydrogen-bond acceptors (Lipinski definition) is 5. The molecule has 0 saturated heterocycles. The van der Waals surface area contributed by atoms with E-state index in [-0.39, 0.29) is 18.5 Å². The molecule has 0 spiro atoms. The van der Waals surface area contributed by atoms with Crippen molar-refractivity contribution in [3.63, 3.8) is 0 Å². The number of rotatable bonds is 66. The van der Waals surface area contributed by atoms with Crippen molar-refractivity contribution >= 4 is 11.9 Å². The molecule has 0 aliphatic carbocycles. The van der Waals surface area contributed by atoms with Gasteiger partial charge < -0.3 is 20.3 Å². The third kappa shape index (κ3) is 63.3. The van der Waals surface area contributed by atoms with Crippen LogP contribution >= 0.6 is 0 Å². The first-order chi connectivity index (χ1) is 38.5. The van der Waals surface area contributed by atoms with Crippen LogP contribution in [0.25, 0.3) is 0 Å². The fourth-order valence-electron chi connectivity index (χ4n) is 11.0. The number of allylic oxidation sites excluding steroid dienone is 5. The summed E-state index contributed by atoms with van der Waals surface area (Å²) in [6.45, 7) is 4.93. The van der Waals surface area contributed by atoms with Gasteiger partial charge in [-0.25, -0.2) is 0 Å². The van der Waals surface area contributed by atoms with E-state index >= 15 is 0 Å². The van der Waals surface area contributed by atoms with Crippen molar-refractivity contribution in [3.05, 3.63) is 36.5 Å². The highest BCUT2D eigenvalue weighted by atomic mass is 16.5. The molecule has 0 aliphatic heterocycles. The molecule has 2 atom stereocenters. The molecule has 0 saturated carbocycles. The first-order valence-corrected chi connectivity index (χ1v) is 35.3. The van der Waals surface area contributed by atoms with Crippen LogP contribution in [0.5, 0.6) is 0 Å². The van der Waals surface area contributed by atoms with Gasteiger partial charge in [-0.05, 0) is 64.2 Å². The number of amides is 1. The molecule has 0 aliphatic rings. The van der Waals surface area contributed by atoms with E-state index in [2.05, 4.69) is 43.5 Å². The Morgan fingerprint density at radius 3 is 0.974 bits per heavy atom. The van der Waals surface area contributed by atoms with Crippen LogP contribution in [0.2, 0.25) is 0 Å². The number of carbonyl (C=O) groups is 2. The van der Waals surface area contributed by atoms with Crippen LogP contribution in [0.4, 0.5) is 0 Å². The third-order valence-corrected chi connectivity index (χ3v) is 16.4. The van der Waals surface area contributed by atoms with E-state index in [0.717, 1.165) is 44.9 Å². The normalized spacial score (nSPS) is 12.7. The Kier molecular flexibility index (Phi) is 65.9. The number of carbonyl (C=O) groups excluding carboxylic acids is 2. The maximum Gasteiger partial charge on any atom is 0.305 e. The molecule has 0 fully saturated rings. The zero-order chi connectivity index (χ0) is 56.4. The Hall–Kier alpha value is -1.92. The third-order valence-electron chi connectivity index (χ3n) is 16.4. The number of hydrogen-bond donors (Lipinski definition) is 3. The molecule has 6 nitrogen and oxygen atoms in total. The SMILES string of the molecule is CCCCCCCCCCCCCCCCC/C=C/C(O)C(CO)NC(=O)CCCCCCCCCCCCCCCCCCC/C=C\C/C=C\CCCCCCCCCCCOC(=O)CCCCCCCCCCCCC. The van der Waals surface area contributed by atoms with E-state index in [1.807, 2.05) is 6.08 Å². The Morgan fingerprint density at radius 2 is 0.641 bits per heavy atom. The van der Waals surface area contributed by atoms with E-state index in [1.54, 1.807) is 6.08 Å². The van der Waals surface area contributed by atoms with Gasteiger partial charge in [-0.1, -0.05) is 346 Å². The van der Waals surface area contributed by atoms with E-state index in [0.29, 0.717) is 19.4 Å². The zero-order valence-electron chi connectivity index (χ0n) is 52.7. The second kappa shape index (κ2) is 67.6. The Bertz CT molecular complexity index is 1260. The lowest BCUT2D eigenvalue weighted by molar-refractivity contribution is -0.143. The predicted molar refractivity (Wildman–Crippen MR) is 343 cm³/mol. The summed E-state index contributed by atoms with van der Waals surface area (Å²) in [6, 6.07) is -0.627. The van der Waals surface area contributed by atoms with Gasteiger partial charge in [0.05, 0.1) is 25.4 Å². The van der Waals surface area contributed by atoms with Crippen LogP contribution in [-0.4, -0.2) is 47.4 Å². The second-order valence-electron chi connectivity index (χ2n) is 24.2. The zero-order valence-corrected chi connectivity index (χ0v) is 52.7. The fourth-order valence-corrected chi connectivity index (χ4v) is 11.0. The van der Waals surface area contributed by atoms with E-state index in [4.69, 9.17) is 4.74 Å². The first kappa shape index (κ1) is 76.1. The number of esters is 1. The van der Waals surface area contributed by atoms with E-state index in [1.165, 1.54) is 315 Å². The highest BCUT2D eigenvalue weighted by Gasteiger charge is 2.18. The average molecular weight is 1100 g/mol. The highest BCUT2D eigenvalue weighted by molar-refractivity contribution is 5.76. The summed E-state index contributed by atoms with van der Waals surface area (Å²) in [6.07, 6.45) is 86.6. The van der Waals surface area contributed by atoms with Crippen LogP contribution in [0.3, 0.4) is 0 Å².